The zero-order chi connectivity index (χ0) is 13.5. The molecule has 3 rings (SSSR count). The second kappa shape index (κ2) is 4.68. The summed E-state index contributed by atoms with van der Waals surface area (Å²) in [5.41, 5.74) is 0.352. The largest absolute Gasteiger partial charge is 0.451 e. The topological polar surface area (TPSA) is 30.2 Å². The van der Waals surface area contributed by atoms with E-state index < -0.39 is 0 Å². The van der Waals surface area contributed by atoms with E-state index in [2.05, 4.69) is 6.92 Å². The Kier molecular flexibility index (Phi) is 3.14. The minimum Gasteiger partial charge on any atom is -0.451 e. The Morgan fingerprint density at radius 2 is 2.00 bits per heavy atom. The lowest BCUT2D eigenvalue weighted by atomic mass is 9.72. The first-order chi connectivity index (χ1) is 9.10. The average Bonchev–Trinajstić information content (AvgIpc) is 2.84. The number of rotatable bonds is 2. The van der Waals surface area contributed by atoms with Crippen molar-refractivity contribution in [2.24, 2.45) is 5.41 Å². The normalized spacial score (nSPS) is 18.6. The third-order valence-corrected chi connectivity index (χ3v) is 4.52. The first-order valence-corrected chi connectivity index (χ1v) is 7.21. The Hall–Kier alpha value is -1.28. The van der Waals surface area contributed by atoms with Crippen LogP contribution >= 0.6 is 11.6 Å². The Bertz CT molecular complexity index is 621. The molecule has 19 heavy (non-hydrogen) atoms. The Morgan fingerprint density at radius 3 is 2.68 bits per heavy atom. The molecule has 0 spiro atoms. The van der Waals surface area contributed by atoms with Gasteiger partial charge < -0.3 is 4.42 Å². The van der Waals surface area contributed by atoms with Crippen LogP contribution in [0.15, 0.2) is 28.7 Å². The lowest BCUT2D eigenvalue weighted by molar-refractivity contribution is 0.0721. The molecule has 2 nitrogen and oxygen atoms in total. The summed E-state index contributed by atoms with van der Waals surface area (Å²) in [4.78, 5) is 12.7. The van der Waals surface area contributed by atoms with Crippen molar-refractivity contribution in [3.63, 3.8) is 0 Å². The third-order valence-electron chi connectivity index (χ3n) is 4.23. The van der Waals surface area contributed by atoms with Crippen LogP contribution in [-0.4, -0.2) is 5.78 Å². The molecule has 1 aliphatic carbocycles. The molecule has 0 saturated heterocycles. The van der Waals surface area contributed by atoms with Crippen molar-refractivity contribution in [1.82, 2.24) is 0 Å². The van der Waals surface area contributed by atoms with Gasteiger partial charge in [0.1, 0.15) is 0 Å². The van der Waals surface area contributed by atoms with Gasteiger partial charge in [-0.3, -0.25) is 4.79 Å². The molecule has 1 fully saturated rings. The maximum Gasteiger partial charge on any atom is 0.203 e. The average molecular weight is 277 g/mol. The highest BCUT2D eigenvalue weighted by Gasteiger charge is 2.36. The minimum atomic E-state index is -0.265. The van der Waals surface area contributed by atoms with E-state index in [1.165, 1.54) is 6.42 Å². The van der Waals surface area contributed by atoms with E-state index in [1.54, 1.807) is 6.07 Å². The van der Waals surface area contributed by atoms with Crippen molar-refractivity contribution < 1.29 is 9.21 Å². The van der Waals surface area contributed by atoms with Gasteiger partial charge in [-0.1, -0.05) is 49.9 Å². The molecule has 1 aliphatic rings. The highest BCUT2D eigenvalue weighted by Crippen LogP contribution is 2.40. The van der Waals surface area contributed by atoms with Crippen molar-refractivity contribution in [3.8, 4) is 0 Å². The maximum atomic E-state index is 12.7. The Morgan fingerprint density at radius 1 is 1.26 bits per heavy atom. The van der Waals surface area contributed by atoms with E-state index in [4.69, 9.17) is 16.0 Å². The quantitative estimate of drug-likeness (QED) is 0.702. The van der Waals surface area contributed by atoms with Crippen molar-refractivity contribution >= 4 is 28.4 Å². The summed E-state index contributed by atoms with van der Waals surface area (Å²) < 4.78 is 5.70. The van der Waals surface area contributed by atoms with Gasteiger partial charge in [-0.15, -0.1) is 0 Å². The highest BCUT2D eigenvalue weighted by atomic mass is 35.5. The van der Waals surface area contributed by atoms with Gasteiger partial charge in [-0.25, -0.2) is 0 Å². The molecule has 0 N–H and O–H groups in total. The molecule has 0 amide bonds. The summed E-state index contributed by atoms with van der Waals surface area (Å²) in [6.45, 7) is 2.06. The number of furan rings is 1. The third kappa shape index (κ3) is 2.18. The summed E-state index contributed by atoms with van der Waals surface area (Å²) >= 11 is 6.09. The monoisotopic (exact) mass is 276 g/mol. The molecule has 0 atom stereocenters. The second-order valence-corrected chi connectivity index (χ2v) is 6.13. The number of Topliss-reactive ketones (excluding diaryl/α,β-unsaturated/α-hetero) is 1. The first-order valence-electron chi connectivity index (χ1n) is 6.83. The van der Waals surface area contributed by atoms with Crippen LogP contribution in [0.5, 0.6) is 0 Å². The summed E-state index contributed by atoms with van der Waals surface area (Å²) in [6.07, 6.45) is 5.40. The molecule has 3 heteroatoms. The molecular weight excluding hydrogens is 260 g/mol. The predicted molar refractivity (Wildman–Crippen MR) is 76.7 cm³/mol. The van der Waals surface area contributed by atoms with Crippen molar-refractivity contribution in [2.45, 2.75) is 39.0 Å². The molecule has 0 bridgehead atoms. The van der Waals surface area contributed by atoms with Crippen molar-refractivity contribution in [3.05, 3.63) is 35.0 Å². The zero-order valence-corrected chi connectivity index (χ0v) is 11.8. The molecule has 0 unspecified atom stereocenters. The maximum absolute atomic E-state index is 12.7. The number of hydrogen-bond donors (Lipinski definition) is 0. The van der Waals surface area contributed by atoms with Crippen LogP contribution in [0.25, 0.3) is 11.0 Å². The molecular formula is C16H17ClO2. The van der Waals surface area contributed by atoms with Crippen LogP contribution in [0, 0.1) is 5.41 Å². The van der Waals surface area contributed by atoms with Gasteiger partial charge in [0.15, 0.2) is 11.3 Å². The van der Waals surface area contributed by atoms with Crippen LogP contribution in [0.3, 0.4) is 0 Å². The summed E-state index contributed by atoms with van der Waals surface area (Å²) in [5.74, 6) is 0.576. The number of halogens is 1. The molecule has 1 aromatic carbocycles. The van der Waals surface area contributed by atoms with Gasteiger partial charge in [0.2, 0.25) is 5.78 Å². The molecule has 1 aromatic heterocycles. The molecule has 1 saturated carbocycles. The van der Waals surface area contributed by atoms with E-state index in [-0.39, 0.29) is 11.2 Å². The van der Waals surface area contributed by atoms with E-state index in [9.17, 15) is 4.79 Å². The fourth-order valence-corrected chi connectivity index (χ4v) is 3.22. The number of carbonyl (C=O) groups is 1. The van der Waals surface area contributed by atoms with Gasteiger partial charge in [0.25, 0.3) is 0 Å². The zero-order valence-electron chi connectivity index (χ0n) is 11.0. The fourth-order valence-electron chi connectivity index (χ4n) is 3.00. The minimum absolute atomic E-state index is 0.125. The van der Waals surface area contributed by atoms with Crippen LogP contribution in [0.4, 0.5) is 0 Å². The standard InChI is InChI=1S/C16H17ClO2/c1-16(8-3-2-4-9-16)15(18)13-10-11-6-5-7-12(17)14(11)19-13/h5-7,10H,2-4,8-9H2,1H3. The van der Waals surface area contributed by atoms with Crippen LogP contribution in [0.1, 0.15) is 49.6 Å². The van der Waals surface area contributed by atoms with Crippen LogP contribution in [-0.2, 0) is 0 Å². The summed E-state index contributed by atoms with van der Waals surface area (Å²) in [7, 11) is 0. The van der Waals surface area contributed by atoms with Crippen molar-refractivity contribution in [2.75, 3.05) is 0 Å². The van der Waals surface area contributed by atoms with E-state index in [0.29, 0.717) is 16.4 Å². The summed E-state index contributed by atoms with van der Waals surface area (Å²) in [6, 6.07) is 7.40. The lowest BCUT2D eigenvalue weighted by Gasteiger charge is -2.30. The molecule has 1 heterocycles. The predicted octanol–water partition coefficient (Wildman–Crippen LogP) is 5.24. The molecule has 2 aromatic rings. The van der Waals surface area contributed by atoms with Gasteiger partial charge in [-0.05, 0) is 25.0 Å². The highest BCUT2D eigenvalue weighted by molar-refractivity contribution is 6.34. The number of carbonyl (C=O) groups excluding carboxylic acids is 1. The van der Waals surface area contributed by atoms with Crippen molar-refractivity contribution in [1.29, 1.82) is 0 Å². The van der Waals surface area contributed by atoms with Crippen LogP contribution in [0.2, 0.25) is 5.02 Å². The molecule has 0 aliphatic heterocycles. The number of fused-ring (bicyclic) bond motifs is 1. The Labute approximate surface area is 117 Å². The number of ketones is 1. The van der Waals surface area contributed by atoms with E-state index >= 15 is 0 Å². The molecule has 100 valence electrons. The van der Waals surface area contributed by atoms with E-state index in [0.717, 1.165) is 31.1 Å². The number of para-hydroxylation sites is 1. The molecule has 0 radical (unpaired) electrons. The first kappa shape index (κ1) is 12.7. The van der Waals surface area contributed by atoms with Crippen LogP contribution < -0.4 is 0 Å². The van der Waals surface area contributed by atoms with Gasteiger partial charge in [0.05, 0.1) is 5.02 Å². The second-order valence-electron chi connectivity index (χ2n) is 5.72. The number of hydrogen-bond acceptors (Lipinski definition) is 2. The van der Waals surface area contributed by atoms with Gasteiger partial charge in [0, 0.05) is 10.8 Å². The number of benzene rings is 1. The fraction of sp³-hybridized carbons (Fsp3) is 0.438. The SMILES string of the molecule is CC1(C(=O)c2cc3cccc(Cl)c3o2)CCCCC1. The summed E-state index contributed by atoms with van der Waals surface area (Å²) in [5, 5.41) is 1.46. The lowest BCUT2D eigenvalue weighted by Crippen LogP contribution is -2.29. The smallest absolute Gasteiger partial charge is 0.203 e. The Balaban J connectivity index is 1.99. The van der Waals surface area contributed by atoms with Gasteiger partial charge in [-0.2, -0.15) is 0 Å². The van der Waals surface area contributed by atoms with E-state index in [1.807, 2.05) is 18.2 Å². The van der Waals surface area contributed by atoms with Gasteiger partial charge >= 0.3 is 0 Å².